The highest BCUT2D eigenvalue weighted by Gasteiger charge is 2.05. The number of carbonyl (C=O) groups excluding carboxylic acids is 1. The average molecular weight is 258 g/mol. The summed E-state index contributed by atoms with van der Waals surface area (Å²) in [6, 6.07) is 0. The van der Waals surface area contributed by atoms with Crippen molar-refractivity contribution in [2.75, 3.05) is 19.0 Å². The molecule has 0 aliphatic rings. The Labute approximate surface area is 103 Å². The van der Waals surface area contributed by atoms with Gasteiger partial charge in [-0.05, 0) is 0 Å². The Hall–Kier alpha value is -1.63. The van der Waals surface area contributed by atoms with E-state index in [2.05, 4.69) is 15.0 Å². The second kappa shape index (κ2) is 6.85. The number of ether oxygens (including phenoxy) is 1. The fourth-order valence-electron chi connectivity index (χ4n) is 1.11. The lowest BCUT2D eigenvalue weighted by atomic mass is 10.2. The highest BCUT2D eigenvalue weighted by atomic mass is 32.1. The van der Waals surface area contributed by atoms with Gasteiger partial charge in [-0.2, -0.15) is 0 Å². The number of methoxy groups -OCH3 is 1. The molecule has 0 amide bonds. The summed E-state index contributed by atoms with van der Waals surface area (Å²) in [4.78, 5) is 25.4. The van der Waals surface area contributed by atoms with E-state index < -0.39 is 5.97 Å². The Kier molecular flexibility index (Phi) is 5.41. The molecule has 1 rings (SSSR count). The molecule has 6 nitrogen and oxygen atoms in total. The SMILES string of the molecule is COC(=O)CCNc1nc(CCC(=O)O)cs1. The number of aryl methyl sites for hydroxylation is 1. The summed E-state index contributed by atoms with van der Waals surface area (Å²) in [7, 11) is 1.34. The Morgan fingerprint density at radius 2 is 2.29 bits per heavy atom. The van der Waals surface area contributed by atoms with E-state index in [1.165, 1.54) is 18.4 Å². The normalized spacial score (nSPS) is 9.94. The number of aromatic nitrogens is 1. The Morgan fingerprint density at radius 1 is 1.53 bits per heavy atom. The molecule has 1 aromatic heterocycles. The second-order valence-corrected chi connectivity index (χ2v) is 4.15. The summed E-state index contributed by atoms with van der Waals surface area (Å²) in [5.74, 6) is -1.11. The first kappa shape index (κ1) is 13.4. The van der Waals surface area contributed by atoms with Crippen LogP contribution in [0.15, 0.2) is 5.38 Å². The number of thiazole rings is 1. The highest BCUT2D eigenvalue weighted by Crippen LogP contribution is 2.16. The largest absolute Gasteiger partial charge is 0.481 e. The quantitative estimate of drug-likeness (QED) is 0.713. The third kappa shape index (κ3) is 5.30. The van der Waals surface area contributed by atoms with Gasteiger partial charge in [0.15, 0.2) is 5.13 Å². The van der Waals surface area contributed by atoms with Crippen molar-refractivity contribution < 1.29 is 19.4 Å². The zero-order valence-corrected chi connectivity index (χ0v) is 10.2. The van der Waals surface area contributed by atoms with Crippen LogP contribution in [-0.2, 0) is 20.7 Å². The van der Waals surface area contributed by atoms with Gasteiger partial charge < -0.3 is 15.2 Å². The summed E-state index contributed by atoms with van der Waals surface area (Å²) in [6.07, 6.45) is 0.774. The van der Waals surface area contributed by atoms with E-state index in [1.807, 2.05) is 5.38 Å². The molecule has 0 saturated carbocycles. The van der Waals surface area contributed by atoms with Crippen molar-refractivity contribution in [3.05, 3.63) is 11.1 Å². The lowest BCUT2D eigenvalue weighted by Crippen LogP contribution is -2.09. The van der Waals surface area contributed by atoms with Gasteiger partial charge in [0.1, 0.15) is 0 Å². The van der Waals surface area contributed by atoms with E-state index in [4.69, 9.17) is 5.11 Å². The van der Waals surface area contributed by atoms with E-state index in [0.717, 1.165) is 5.69 Å². The van der Waals surface area contributed by atoms with Gasteiger partial charge in [0.2, 0.25) is 0 Å². The van der Waals surface area contributed by atoms with Crippen molar-refractivity contribution in [1.82, 2.24) is 4.98 Å². The number of hydrogen-bond donors (Lipinski definition) is 2. The number of anilines is 1. The van der Waals surface area contributed by atoms with Crippen LogP contribution in [0.3, 0.4) is 0 Å². The number of carboxylic acids is 1. The minimum atomic E-state index is -0.835. The molecular formula is C10H14N2O4S. The van der Waals surface area contributed by atoms with Gasteiger partial charge in [-0.15, -0.1) is 11.3 Å². The number of hydrogen-bond acceptors (Lipinski definition) is 6. The number of nitrogens with zero attached hydrogens (tertiary/aromatic N) is 1. The van der Waals surface area contributed by atoms with E-state index in [-0.39, 0.29) is 18.8 Å². The number of nitrogens with one attached hydrogen (secondary N) is 1. The Bertz CT molecular complexity index is 391. The van der Waals surface area contributed by atoms with Crippen LogP contribution in [0.1, 0.15) is 18.5 Å². The molecule has 1 aromatic rings. The zero-order chi connectivity index (χ0) is 12.7. The lowest BCUT2D eigenvalue weighted by molar-refractivity contribution is -0.140. The summed E-state index contributed by atoms with van der Waals surface area (Å²) < 4.78 is 4.50. The number of aliphatic carboxylic acids is 1. The highest BCUT2D eigenvalue weighted by molar-refractivity contribution is 7.13. The second-order valence-electron chi connectivity index (χ2n) is 3.29. The molecule has 94 valence electrons. The van der Waals surface area contributed by atoms with Crippen molar-refractivity contribution in [2.45, 2.75) is 19.3 Å². The van der Waals surface area contributed by atoms with E-state index in [9.17, 15) is 9.59 Å². The van der Waals surface area contributed by atoms with Gasteiger partial charge in [0.05, 0.1) is 25.6 Å². The molecular weight excluding hydrogens is 244 g/mol. The first-order chi connectivity index (χ1) is 8.11. The summed E-state index contributed by atoms with van der Waals surface area (Å²) in [5, 5.41) is 14.0. The predicted molar refractivity (Wildman–Crippen MR) is 63.2 cm³/mol. The predicted octanol–water partition coefficient (Wildman–Crippen LogP) is 1.14. The van der Waals surface area contributed by atoms with Crippen LogP contribution in [0.25, 0.3) is 0 Å². The van der Waals surface area contributed by atoms with Gasteiger partial charge in [-0.25, -0.2) is 4.98 Å². The zero-order valence-electron chi connectivity index (χ0n) is 9.43. The Morgan fingerprint density at radius 3 is 2.94 bits per heavy atom. The molecule has 1 heterocycles. The third-order valence-corrected chi connectivity index (χ3v) is 2.83. The van der Waals surface area contributed by atoms with Crippen molar-refractivity contribution in [3.63, 3.8) is 0 Å². The molecule has 0 unspecified atom stereocenters. The van der Waals surface area contributed by atoms with Gasteiger partial charge in [-0.1, -0.05) is 0 Å². The summed E-state index contributed by atoms with van der Waals surface area (Å²) >= 11 is 1.39. The van der Waals surface area contributed by atoms with Crippen LogP contribution >= 0.6 is 11.3 Å². The smallest absolute Gasteiger partial charge is 0.307 e. The van der Waals surface area contributed by atoms with Gasteiger partial charge >= 0.3 is 11.9 Å². The van der Waals surface area contributed by atoms with E-state index >= 15 is 0 Å². The molecule has 0 atom stereocenters. The maximum atomic E-state index is 10.8. The van der Waals surface area contributed by atoms with Crippen LogP contribution in [-0.4, -0.2) is 35.7 Å². The molecule has 0 saturated heterocycles. The summed E-state index contributed by atoms with van der Waals surface area (Å²) in [5.41, 5.74) is 0.748. The molecule has 7 heteroatoms. The van der Waals surface area contributed by atoms with E-state index in [1.54, 1.807) is 0 Å². The molecule has 0 radical (unpaired) electrons. The van der Waals surface area contributed by atoms with Crippen LogP contribution in [0.2, 0.25) is 0 Å². The number of carbonyl (C=O) groups is 2. The number of rotatable bonds is 7. The standard InChI is InChI=1S/C10H14N2O4S/c1-16-9(15)4-5-11-10-12-7(6-17-10)2-3-8(13)14/h6H,2-5H2,1H3,(H,11,12)(H,13,14). The lowest BCUT2D eigenvalue weighted by Gasteiger charge is -2.00. The number of carboxylic acid groups (broad SMARTS) is 1. The molecule has 0 aliphatic carbocycles. The van der Waals surface area contributed by atoms with Crippen LogP contribution in [0, 0.1) is 0 Å². The van der Waals surface area contributed by atoms with Crippen molar-refractivity contribution in [3.8, 4) is 0 Å². The maximum absolute atomic E-state index is 10.8. The minimum Gasteiger partial charge on any atom is -0.481 e. The number of esters is 1. The minimum absolute atomic E-state index is 0.0747. The van der Waals surface area contributed by atoms with Crippen molar-refractivity contribution in [1.29, 1.82) is 0 Å². The molecule has 17 heavy (non-hydrogen) atoms. The van der Waals surface area contributed by atoms with Crippen molar-refractivity contribution >= 4 is 28.4 Å². The first-order valence-electron chi connectivity index (χ1n) is 5.08. The monoisotopic (exact) mass is 258 g/mol. The average Bonchev–Trinajstić information content (AvgIpc) is 2.74. The molecule has 2 N–H and O–H groups in total. The van der Waals surface area contributed by atoms with Gasteiger partial charge in [-0.3, -0.25) is 9.59 Å². The summed E-state index contributed by atoms with van der Waals surface area (Å²) in [6.45, 7) is 0.457. The van der Waals surface area contributed by atoms with Crippen LogP contribution in [0.4, 0.5) is 5.13 Å². The Balaban J connectivity index is 2.30. The fourth-order valence-corrected chi connectivity index (χ4v) is 1.89. The molecule has 0 spiro atoms. The third-order valence-electron chi connectivity index (χ3n) is 1.98. The molecule has 0 fully saturated rings. The van der Waals surface area contributed by atoms with Crippen molar-refractivity contribution in [2.24, 2.45) is 0 Å². The molecule has 0 aliphatic heterocycles. The molecule has 0 bridgehead atoms. The first-order valence-corrected chi connectivity index (χ1v) is 5.96. The van der Waals surface area contributed by atoms with E-state index in [0.29, 0.717) is 18.1 Å². The van der Waals surface area contributed by atoms with Crippen LogP contribution < -0.4 is 5.32 Å². The van der Waals surface area contributed by atoms with Gasteiger partial charge in [0, 0.05) is 18.3 Å². The fraction of sp³-hybridized carbons (Fsp3) is 0.500. The van der Waals surface area contributed by atoms with Crippen LogP contribution in [0.5, 0.6) is 0 Å². The molecule has 0 aromatic carbocycles. The van der Waals surface area contributed by atoms with Gasteiger partial charge in [0.25, 0.3) is 0 Å². The maximum Gasteiger partial charge on any atom is 0.307 e. The topological polar surface area (TPSA) is 88.5 Å².